The van der Waals surface area contributed by atoms with Crippen molar-refractivity contribution in [1.82, 2.24) is 0 Å². The Morgan fingerprint density at radius 1 is 1.04 bits per heavy atom. The normalized spacial score (nSPS) is 11.3. The van der Waals surface area contributed by atoms with E-state index in [-0.39, 0.29) is 0 Å². The number of hydrogen-bond donors (Lipinski definition) is 0. The van der Waals surface area contributed by atoms with Crippen LogP contribution in [0.15, 0.2) is 59.1 Å². The van der Waals surface area contributed by atoms with Gasteiger partial charge in [-0.2, -0.15) is 5.26 Å². The number of rotatable bonds is 6. The number of benzene rings is 3. The lowest BCUT2D eigenvalue weighted by atomic mass is 9.98. The number of allylic oxidation sites excluding steroid dienone is 1. The zero-order valence-electron chi connectivity index (χ0n) is 15.3. The standard InChI is InChI=1S/C23H20BrNO2/c1-3-26-20-10-8-16-9-11-23(27-4-2)22(21(16)14-20)13-18(15-25)17-6-5-7-19(24)12-17/h5-14H,3-4H2,1-2H3/b18-13-. The van der Waals surface area contributed by atoms with E-state index < -0.39 is 0 Å². The lowest BCUT2D eigenvalue weighted by Crippen LogP contribution is -1.96. The van der Waals surface area contributed by atoms with Crippen molar-refractivity contribution in [3.05, 3.63) is 70.2 Å². The maximum Gasteiger partial charge on any atom is 0.127 e. The molecule has 0 bridgehead atoms. The molecule has 0 atom stereocenters. The van der Waals surface area contributed by atoms with Crippen LogP contribution in [0.2, 0.25) is 0 Å². The fourth-order valence-corrected chi connectivity index (χ4v) is 3.37. The molecule has 3 aromatic carbocycles. The Hall–Kier alpha value is -2.77. The van der Waals surface area contributed by atoms with Crippen LogP contribution in [0, 0.1) is 11.3 Å². The number of fused-ring (bicyclic) bond motifs is 1. The molecule has 0 amide bonds. The molecule has 0 fully saturated rings. The molecule has 0 saturated carbocycles. The van der Waals surface area contributed by atoms with E-state index in [0.29, 0.717) is 18.8 Å². The Morgan fingerprint density at radius 3 is 2.52 bits per heavy atom. The van der Waals surface area contributed by atoms with Crippen molar-refractivity contribution < 1.29 is 9.47 Å². The first-order valence-electron chi connectivity index (χ1n) is 8.86. The third kappa shape index (κ3) is 4.32. The van der Waals surface area contributed by atoms with Crippen LogP contribution in [0.3, 0.4) is 0 Å². The molecular weight excluding hydrogens is 402 g/mol. The number of nitriles is 1. The highest BCUT2D eigenvalue weighted by molar-refractivity contribution is 9.10. The van der Waals surface area contributed by atoms with E-state index in [1.54, 1.807) is 0 Å². The molecule has 3 nitrogen and oxygen atoms in total. The van der Waals surface area contributed by atoms with Crippen LogP contribution in [-0.4, -0.2) is 13.2 Å². The lowest BCUT2D eigenvalue weighted by Gasteiger charge is -2.13. The first-order valence-corrected chi connectivity index (χ1v) is 9.65. The molecule has 136 valence electrons. The van der Waals surface area contributed by atoms with Gasteiger partial charge >= 0.3 is 0 Å². The van der Waals surface area contributed by atoms with Crippen LogP contribution < -0.4 is 9.47 Å². The molecule has 4 heteroatoms. The Kier molecular flexibility index (Phi) is 6.16. The topological polar surface area (TPSA) is 42.2 Å². The molecule has 0 spiro atoms. The summed E-state index contributed by atoms with van der Waals surface area (Å²) in [6.07, 6.45) is 1.89. The number of nitrogens with zero attached hydrogens (tertiary/aromatic N) is 1. The van der Waals surface area contributed by atoms with Crippen molar-refractivity contribution in [2.24, 2.45) is 0 Å². The van der Waals surface area contributed by atoms with Gasteiger partial charge in [-0.25, -0.2) is 0 Å². The van der Waals surface area contributed by atoms with Gasteiger partial charge in [0, 0.05) is 10.0 Å². The minimum absolute atomic E-state index is 0.552. The van der Waals surface area contributed by atoms with Crippen molar-refractivity contribution in [2.45, 2.75) is 13.8 Å². The van der Waals surface area contributed by atoms with E-state index in [2.05, 4.69) is 22.0 Å². The maximum atomic E-state index is 9.76. The van der Waals surface area contributed by atoms with Crippen molar-refractivity contribution in [3.8, 4) is 17.6 Å². The number of ether oxygens (including phenoxy) is 2. The molecule has 27 heavy (non-hydrogen) atoms. The third-order valence-corrected chi connectivity index (χ3v) is 4.64. The summed E-state index contributed by atoms with van der Waals surface area (Å²) in [5, 5.41) is 11.8. The van der Waals surface area contributed by atoms with Crippen LogP contribution in [0.5, 0.6) is 11.5 Å². The van der Waals surface area contributed by atoms with Crippen LogP contribution in [0.1, 0.15) is 25.0 Å². The van der Waals surface area contributed by atoms with E-state index in [0.717, 1.165) is 37.9 Å². The molecule has 0 aliphatic rings. The van der Waals surface area contributed by atoms with Gasteiger partial charge in [0.15, 0.2) is 0 Å². The molecule has 0 N–H and O–H groups in total. The predicted octanol–water partition coefficient (Wildman–Crippen LogP) is 6.46. The summed E-state index contributed by atoms with van der Waals surface area (Å²) in [7, 11) is 0. The second-order valence-corrected chi connectivity index (χ2v) is 6.82. The zero-order chi connectivity index (χ0) is 19.2. The molecular formula is C23H20BrNO2. The van der Waals surface area contributed by atoms with Crippen LogP contribution in [0.4, 0.5) is 0 Å². The van der Waals surface area contributed by atoms with Gasteiger partial charge in [-0.1, -0.05) is 40.2 Å². The van der Waals surface area contributed by atoms with E-state index in [1.165, 1.54) is 0 Å². The summed E-state index contributed by atoms with van der Waals surface area (Å²) in [5.74, 6) is 1.55. The zero-order valence-corrected chi connectivity index (χ0v) is 16.9. The molecule has 0 saturated heterocycles. The van der Waals surface area contributed by atoms with Gasteiger partial charge in [0.25, 0.3) is 0 Å². The summed E-state index contributed by atoms with van der Waals surface area (Å²) in [6, 6.07) is 20.0. The van der Waals surface area contributed by atoms with Crippen LogP contribution in [-0.2, 0) is 0 Å². The minimum Gasteiger partial charge on any atom is -0.494 e. The van der Waals surface area contributed by atoms with Gasteiger partial charge in [-0.3, -0.25) is 0 Å². The highest BCUT2D eigenvalue weighted by Gasteiger charge is 2.11. The SMILES string of the molecule is CCOc1ccc2ccc(OCC)c(/C=C(/C#N)c3cccc(Br)c3)c2c1. The highest BCUT2D eigenvalue weighted by Crippen LogP contribution is 2.34. The monoisotopic (exact) mass is 421 g/mol. The van der Waals surface area contributed by atoms with Gasteiger partial charge in [-0.15, -0.1) is 0 Å². The third-order valence-electron chi connectivity index (χ3n) is 4.15. The van der Waals surface area contributed by atoms with Gasteiger partial charge in [0.05, 0.1) is 24.9 Å². The molecule has 0 radical (unpaired) electrons. The van der Waals surface area contributed by atoms with Crippen molar-refractivity contribution in [3.63, 3.8) is 0 Å². The van der Waals surface area contributed by atoms with E-state index >= 15 is 0 Å². The summed E-state index contributed by atoms with van der Waals surface area (Å²) < 4.78 is 12.4. The van der Waals surface area contributed by atoms with Gasteiger partial charge in [0.1, 0.15) is 11.5 Å². The summed E-state index contributed by atoms with van der Waals surface area (Å²) in [6.45, 7) is 5.07. The molecule has 3 rings (SSSR count). The van der Waals surface area contributed by atoms with Crippen molar-refractivity contribution >= 4 is 38.4 Å². The molecule has 0 aromatic heterocycles. The summed E-state index contributed by atoms with van der Waals surface area (Å²) in [4.78, 5) is 0. The predicted molar refractivity (Wildman–Crippen MR) is 114 cm³/mol. The second-order valence-electron chi connectivity index (χ2n) is 5.91. The first kappa shape index (κ1) is 19.0. The van der Waals surface area contributed by atoms with Gasteiger partial charge in [-0.05, 0) is 66.6 Å². The van der Waals surface area contributed by atoms with E-state index in [9.17, 15) is 5.26 Å². The Morgan fingerprint density at radius 2 is 1.81 bits per heavy atom. The smallest absolute Gasteiger partial charge is 0.127 e. The molecule has 0 unspecified atom stereocenters. The average molecular weight is 422 g/mol. The van der Waals surface area contributed by atoms with Crippen molar-refractivity contribution in [2.75, 3.05) is 13.2 Å². The summed E-state index contributed by atoms with van der Waals surface area (Å²) >= 11 is 3.47. The minimum atomic E-state index is 0.552. The lowest BCUT2D eigenvalue weighted by molar-refractivity contribution is 0.339. The van der Waals surface area contributed by atoms with Gasteiger partial charge in [0.2, 0.25) is 0 Å². The Balaban J connectivity index is 2.24. The molecule has 0 aliphatic heterocycles. The largest absolute Gasteiger partial charge is 0.494 e. The quantitative estimate of drug-likeness (QED) is 0.338. The summed E-state index contributed by atoms with van der Waals surface area (Å²) in [5.41, 5.74) is 2.31. The number of halogens is 1. The van der Waals surface area contributed by atoms with Crippen molar-refractivity contribution in [1.29, 1.82) is 5.26 Å². The fraction of sp³-hybridized carbons (Fsp3) is 0.174. The highest BCUT2D eigenvalue weighted by atomic mass is 79.9. The Bertz CT molecular complexity index is 1030. The second kappa shape index (κ2) is 8.75. The fourth-order valence-electron chi connectivity index (χ4n) is 2.97. The first-order chi connectivity index (χ1) is 13.2. The van der Waals surface area contributed by atoms with Crippen LogP contribution in [0.25, 0.3) is 22.4 Å². The van der Waals surface area contributed by atoms with E-state index in [4.69, 9.17) is 9.47 Å². The average Bonchev–Trinajstić information content (AvgIpc) is 2.67. The maximum absolute atomic E-state index is 9.76. The molecule has 3 aromatic rings. The molecule has 0 heterocycles. The Labute approximate surface area is 168 Å². The van der Waals surface area contributed by atoms with Gasteiger partial charge < -0.3 is 9.47 Å². The number of hydrogen-bond acceptors (Lipinski definition) is 3. The van der Waals surface area contributed by atoms with Crippen LogP contribution >= 0.6 is 15.9 Å². The van der Waals surface area contributed by atoms with E-state index in [1.807, 2.05) is 74.5 Å². The molecule has 0 aliphatic carbocycles.